The number of aromatic nitrogens is 2. The molecule has 0 saturated carbocycles. The van der Waals surface area contributed by atoms with Crippen molar-refractivity contribution in [2.75, 3.05) is 19.5 Å². The number of nitrogens with one attached hydrogen (secondary N) is 1. The monoisotopic (exact) mass is 646 g/mol. The second-order valence-corrected chi connectivity index (χ2v) is 12.3. The fourth-order valence-electron chi connectivity index (χ4n) is 6.10. The number of hydrogen-bond donors (Lipinski definition) is 1. The summed E-state index contributed by atoms with van der Waals surface area (Å²) in [6, 6.07) is 23.4. The highest BCUT2D eigenvalue weighted by molar-refractivity contribution is 7.07. The van der Waals surface area contributed by atoms with E-state index < -0.39 is 12.0 Å². The summed E-state index contributed by atoms with van der Waals surface area (Å²) >= 11 is 1.28. The Hall–Kier alpha value is -5.48. The van der Waals surface area contributed by atoms with Gasteiger partial charge in [-0.15, -0.1) is 0 Å². The van der Waals surface area contributed by atoms with E-state index in [1.807, 2.05) is 99.6 Å². The molecular formula is C37H34N4O5S. The van der Waals surface area contributed by atoms with Crippen LogP contribution in [0.5, 0.6) is 5.75 Å². The number of esters is 1. The minimum absolute atomic E-state index is 0.257. The van der Waals surface area contributed by atoms with Crippen molar-refractivity contribution in [3.05, 3.63) is 143 Å². The molecule has 0 spiro atoms. The average molecular weight is 647 g/mol. The van der Waals surface area contributed by atoms with Crippen molar-refractivity contribution in [3.8, 4) is 11.4 Å². The lowest BCUT2D eigenvalue weighted by atomic mass is 9.95. The van der Waals surface area contributed by atoms with Gasteiger partial charge in [0.25, 0.3) is 11.5 Å². The maximum Gasteiger partial charge on any atom is 0.338 e. The van der Waals surface area contributed by atoms with Crippen LogP contribution in [-0.2, 0) is 9.53 Å². The van der Waals surface area contributed by atoms with Gasteiger partial charge in [0.1, 0.15) is 5.75 Å². The first kappa shape index (κ1) is 31.5. The van der Waals surface area contributed by atoms with Crippen LogP contribution in [0.4, 0.5) is 5.69 Å². The molecule has 0 aliphatic carbocycles. The minimum Gasteiger partial charge on any atom is -0.497 e. The van der Waals surface area contributed by atoms with Crippen molar-refractivity contribution in [3.63, 3.8) is 0 Å². The van der Waals surface area contributed by atoms with E-state index in [0.29, 0.717) is 37.6 Å². The molecule has 47 heavy (non-hydrogen) atoms. The maximum absolute atomic E-state index is 14.3. The summed E-state index contributed by atoms with van der Waals surface area (Å²) < 4.78 is 14.6. The Balaban J connectivity index is 1.49. The number of anilines is 1. The molecule has 1 aliphatic rings. The number of hydrogen-bond acceptors (Lipinski definition) is 7. The van der Waals surface area contributed by atoms with Crippen LogP contribution in [-0.4, -0.2) is 35.2 Å². The number of nitrogens with zero attached hydrogens (tertiary/aromatic N) is 3. The van der Waals surface area contributed by atoms with E-state index >= 15 is 0 Å². The van der Waals surface area contributed by atoms with E-state index in [0.717, 1.165) is 33.8 Å². The van der Waals surface area contributed by atoms with E-state index in [-0.39, 0.29) is 11.5 Å². The Bertz CT molecular complexity index is 2260. The number of rotatable bonds is 7. The lowest BCUT2D eigenvalue weighted by Gasteiger charge is -2.25. The van der Waals surface area contributed by atoms with Crippen LogP contribution in [0.3, 0.4) is 0 Å². The van der Waals surface area contributed by atoms with Gasteiger partial charge in [0.05, 0.1) is 41.6 Å². The van der Waals surface area contributed by atoms with E-state index in [1.165, 1.54) is 18.4 Å². The number of benzene rings is 3. The SMILES string of the molecule is COC(=O)c1cccc(-n2c(C)cc(/C=c3/sc4n(c3=O)[C@H](c3cccc(OC)c3)C(C(=O)Nc3ccccc3)=C(C)N=4)c2C)c1C. The lowest BCUT2D eigenvalue weighted by Crippen LogP contribution is -2.40. The molecule has 0 saturated heterocycles. The smallest absolute Gasteiger partial charge is 0.338 e. The van der Waals surface area contributed by atoms with E-state index in [9.17, 15) is 14.4 Å². The minimum atomic E-state index is -0.733. The normalized spacial score (nSPS) is 14.4. The number of ether oxygens (including phenoxy) is 2. The van der Waals surface area contributed by atoms with Crippen LogP contribution in [0.15, 0.2) is 99.9 Å². The fraction of sp³-hybridized carbons (Fsp3) is 0.189. The van der Waals surface area contributed by atoms with Gasteiger partial charge in [-0.2, -0.15) is 0 Å². The molecular weight excluding hydrogens is 612 g/mol. The summed E-state index contributed by atoms with van der Waals surface area (Å²) in [5.41, 5.74) is 6.85. The average Bonchev–Trinajstić information content (AvgIpc) is 3.53. The zero-order valence-electron chi connectivity index (χ0n) is 27.0. The second-order valence-electron chi connectivity index (χ2n) is 11.3. The van der Waals surface area contributed by atoms with Gasteiger partial charge in [0.2, 0.25) is 0 Å². The second kappa shape index (κ2) is 12.7. The van der Waals surface area contributed by atoms with Gasteiger partial charge in [-0.3, -0.25) is 14.2 Å². The van der Waals surface area contributed by atoms with Crippen LogP contribution in [0.25, 0.3) is 11.8 Å². The lowest BCUT2D eigenvalue weighted by molar-refractivity contribution is -0.113. The first-order chi connectivity index (χ1) is 22.6. The zero-order valence-corrected chi connectivity index (χ0v) is 27.8. The Morgan fingerprint density at radius 1 is 0.936 bits per heavy atom. The van der Waals surface area contributed by atoms with Crippen molar-refractivity contribution < 1.29 is 19.1 Å². The summed E-state index contributed by atoms with van der Waals surface area (Å²) in [4.78, 5) is 45.8. The van der Waals surface area contributed by atoms with Gasteiger partial charge in [-0.1, -0.05) is 47.7 Å². The molecule has 1 atom stereocenters. The molecule has 9 nitrogen and oxygen atoms in total. The molecule has 3 heterocycles. The molecule has 1 amide bonds. The zero-order chi connectivity index (χ0) is 33.4. The quantitative estimate of drug-likeness (QED) is 0.239. The highest BCUT2D eigenvalue weighted by Crippen LogP contribution is 2.32. The number of methoxy groups -OCH3 is 2. The molecule has 0 fully saturated rings. The molecule has 6 rings (SSSR count). The molecule has 2 aromatic heterocycles. The van der Waals surface area contributed by atoms with Crippen LogP contribution in [0.1, 0.15) is 51.4 Å². The molecule has 1 N–H and O–H groups in total. The van der Waals surface area contributed by atoms with Crippen molar-refractivity contribution in [2.24, 2.45) is 4.99 Å². The molecule has 3 aromatic carbocycles. The number of thiazole rings is 1. The van der Waals surface area contributed by atoms with Gasteiger partial charge >= 0.3 is 5.97 Å². The van der Waals surface area contributed by atoms with Gasteiger partial charge in [-0.05, 0) is 92.9 Å². The number of aryl methyl sites for hydroxylation is 1. The van der Waals surface area contributed by atoms with E-state index in [2.05, 4.69) is 9.88 Å². The Morgan fingerprint density at radius 3 is 2.40 bits per heavy atom. The fourth-order valence-corrected chi connectivity index (χ4v) is 7.14. The molecule has 10 heteroatoms. The van der Waals surface area contributed by atoms with Gasteiger partial charge in [0, 0.05) is 22.8 Å². The molecule has 0 bridgehead atoms. The van der Waals surface area contributed by atoms with Gasteiger partial charge in [-0.25, -0.2) is 9.79 Å². The number of carbonyl (C=O) groups is 2. The van der Waals surface area contributed by atoms with Crippen molar-refractivity contribution in [1.82, 2.24) is 9.13 Å². The Labute approximate surface area is 275 Å². The van der Waals surface area contributed by atoms with Crippen LogP contribution < -0.4 is 24.9 Å². The number of fused-ring (bicyclic) bond motifs is 1. The molecule has 0 unspecified atom stereocenters. The van der Waals surface area contributed by atoms with Crippen molar-refractivity contribution >= 4 is 35.0 Å². The summed E-state index contributed by atoms with van der Waals surface area (Å²) in [6.45, 7) is 7.66. The first-order valence-electron chi connectivity index (χ1n) is 15.0. The van der Waals surface area contributed by atoms with Crippen molar-refractivity contribution in [2.45, 2.75) is 33.7 Å². The number of carbonyl (C=O) groups excluding carboxylic acids is 2. The summed E-state index contributed by atoms with van der Waals surface area (Å²) in [5, 5.41) is 2.98. The van der Waals surface area contributed by atoms with E-state index in [1.54, 1.807) is 24.7 Å². The standard InChI is InChI=1S/C37H34N4O5S/c1-21-18-26(24(4)40(21)30-17-11-16-29(22(30)2)36(44)46-6)20-31-35(43)41-33(25-12-10-15-28(19-25)45-5)32(23(3)38-37(41)47-31)34(42)39-27-13-8-7-9-14-27/h7-20,33H,1-6H3,(H,39,42)/b31-20+/t33-/m1/s1. The highest BCUT2D eigenvalue weighted by Gasteiger charge is 2.33. The molecule has 0 radical (unpaired) electrons. The van der Waals surface area contributed by atoms with E-state index in [4.69, 9.17) is 14.5 Å². The Morgan fingerprint density at radius 2 is 1.68 bits per heavy atom. The number of amides is 1. The summed E-state index contributed by atoms with van der Waals surface area (Å²) in [6.07, 6.45) is 1.87. The summed E-state index contributed by atoms with van der Waals surface area (Å²) in [7, 11) is 2.95. The molecule has 1 aliphatic heterocycles. The molecule has 238 valence electrons. The number of para-hydroxylation sites is 1. The third-order valence-electron chi connectivity index (χ3n) is 8.42. The predicted molar refractivity (Wildman–Crippen MR) is 183 cm³/mol. The van der Waals surface area contributed by atoms with Crippen LogP contribution in [0.2, 0.25) is 0 Å². The van der Waals surface area contributed by atoms with Crippen LogP contribution >= 0.6 is 11.3 Å². The predicted octanol–water partition coefficient (Wildman–Crippen LogP) is 5.39. The number of allylic oxidation sites excluding steroid dienone is 1. The van der Waals surface area contributed by atoms with Gasteiger partial charge < -0.3 is 19.4 Å². The third kappa shape index (κ3) is 5.72. The van der Waals surface area contributed by atoms with Crippen molar-refractivity contribution in [1.29, 1.82) is 0 Å². The van der Waals surface area contributed by atoms with Gasteiger partial charge in [0.15, 0.2) is 4.80 Å². The largest absolute Gasteiger partial charge is 0.497 e. The maximum atomic E-state index is 14.3. The topological polar surface area (TPSA) is 104 Å². The third-order valence-corrected chi connectivity index (χ3v) is 9.40. The molecule has 5 aromatic rings. The van der Waals surface area contributed by atoms with Crippen LogP contribution in [0, 0.1) is 20.8 Å². The first-order valence-corrected chi connectivity index (χ1v) is 15.8. The summed E-state index contributed by atoms with van der Waals surface area (Å²) in [5.74, 6) is -0.125. The Kier molecular flexibility index (Phi) is 8.53. The highest BCUT2D eigenvalue weighted by atomic mass is 32.1.